The van der Waals surface area contributed by atoms with Crippen LogP contribution >= 0.6 is 0 Å². The molecule has 20 heavy (non-hydrogen) atoms. The molecule has 0 aliphatic carbocycles. The third kappa shape index (κ3) is 3.71. The van der Waals surface area contributed by atoms with E-state index in [-0.39, 0.29) is 12.3 Å². The van der Waals surface area contributed by atoms with Crippen LogP contribution in [0.25, 0.3) is 0 Å². The highest BCUT2D eigenvalue weighted by atomic mass is 32.2. The zero-order valence-electron chi connectivity index (χ0n) is 11.5. The molecule has 3 N–H and O–H groups in total. The van der Waals surface area contributed by atoms with Gasteiger partial charge in [0.2, 0.25) is 10.0 Å². The molecule has 110 valence electrons. The highest BCUT2D eigenvalue weighted by Gasteiger charge is 2.22. The maximum absolute atomic E-state index is 11.0. The van der Waals surface area contributed by atoms with Crippen molar-refractivity contribution < 1.29 is 8.42 Å². The van der Waals surface area contributed by atoms with Crippen LogP contribution in [0.4, 0.5) is 5.69 Å². The fraction of sp³-hybridized carbons (Fsp3) is 0.462. The van der Waals surface area contributed by atoms with Crippen LogP contribution in [-0.4, -0.2) is 39.8 Å². The number of hydrogen-bond acceptors (Lipinski definition) is 3. The van der Waals surface area contributed by atoms with E-state index in [1.54, 1.807) is 0 Å². The number of anilines is 1. The summed E-state index contributed by atoms with van der Waals surface area (Å²) < 4.78 is 21.9. The molecule has 0 fully saturated rings. The maximum Gasteiger partial charge on any atom is 0.210 e. The predicted octanol–water partition coefficient (Wildman–Crippen LogP) is 0.303. The lowest BCUT2D eigenvalue weighted by Gasteiger charge is -2.22. The van der Waals surface area contributed by atoms with Crippen molar-refractivity contribution in [1.29, 1.82) is 0 Å². The molecule has 1 aliphatic rings. The van der Waals surface area contributed by atoms with Crippen LogP contribution in [0.3, 0.4) is 0 Å². The Kier molecular flexibility index (Phi) is 4.61. The first-order chi connectivity index (χ1) is 9.51. The Balaban J connectivity index is 2.15. The molecule has 1 aromatic carbocycles. The predicted molar refractivity (Wildman–Crippen MR) is 81.4 cm³/mol. The molecule has 1 aromatic rings. The molecular weight excluding hydrogens is 276 g/mol. The van der Waals surface area contributed by atoms with Crippen LogP contribution in [0.1, 0.15) is 12.5 Å². The van der Waals surface area contributed by atoms with E-state index in [1.807, 2.05) is 19.1 Å². The van der Waals surface area contributed by atoms with Crippen molar-refractivity contribution in [3.63, 3.8) is 0 Å². The Hall–Kier alpha value is -1.60. The Morgan fingerprint density at radius 1 is 1.45 bits per heavy atom. The second-order valence-electron chi connectivity index (χ2n) is 4.63. The fourth-order valence-electron chi connectivity index (χ4n) is 2.23. The maximum atomic E-state index is 11.0. The number of nitrogens with zero attached hydrogens (tertiary/aromatic N) is 2. The molecule has 0 spiro atoms. The molecule has 6 nitrogen and oxygen atoms in total. The number of aliphatic imine (C=N–C) groups is 1. The minimum Gasteiger partial charge on any atom is -0.356 e. The Bertz CT molecular complexity index is 598. The first-order valence-corrected chi connectivity index (χ1v) is 8.37. The van der Waals surface area contributed by atoms with Gasteiger partial charge in [0.1, 0.15) is 0 Å². The first-order valence-electron chi connectivity index (χ1n) is 6.65. The van der Waals surface area contributed by atoms with Gasteiger partial charge in [0.15, 0.2) is 5.96 Å². The molecule has 0 bridgehead atoms. The van der Waals surface area contributed by atoms with Crippen molar-refractivity contribution in [2.24, 2.45) is 10.1 Å². The van der Waals surface area contributed by atoms with E-state index in [1.165, 1.54) is 5.56 Å². The van der Waals surface area contributed by atoms with E-state index in [9.17, 15) is 8.42 Å². The van der Waals surface area contributed by atoms with E-state index in [0.29, 0.717) is 5.96 Å². The van der Waals surface area contributed by atoms with Crippen molar-refractivity contribution in [3.05, 3.63) is 29.8 Å². The van der Waals surface area contributed by atoms with Gasteiger partial charge < -0.3 is 10.2 Å². The minimum absolute atomic E-state index is 0.141. The van der Waals surface area contributed by atoms with E-state index in [2.05, 4.69) is 27.3 Å². The van der Waals surface area contributed by atoms with Gasteiger partial charge in [0.05, 0.1) is 12.3 Å². The summed E-state index contributed by atoms with van der Waals surface area (Å²) in [4.78, 5) is 6.44. The molecule has 1 aliphatic heterocycles. The Morgan fingerprint density at radius 2 is 2.20 bits per heavy atom. The van der Waals surface area contributed by atoms with Crippen LogP contribution in [0.2, 0.25) is 0 Å². The second kappa shape index (κ2) is 6.23. The fourth-order valence-corrected chi connectivity index (χ4v) is 2.58. The topological polar surface area (TPSA) is 87.8 Å². The van der Waals surface area contributed by atoms with E-state index in [0.717, 1.165) is 25.2 Å². The van der Waals surface area contributed by atoms with Crippen molar-refractivity contribution in [2.45, 2.75) is 13.3 Å². The lowest BCUT2D eigenvalue weighted by Crippen LogP contribution is -2.41. The molecular formula is C13H20N4O2S. The van der Waals surface area contributed by atoms with Gasteiger partial charge in [-0.2, -0.15) is 0 Å². The number of para-hydroxylation sites is 1. The van der Waals surface area contributed by atoms with Gasteiger partial charge >= 0.3 is 0 Å². The SMILES string of the molecule is CCNC(=NCCS(N)(=O)=O)N1CCc2ccccc21. The van der Waals surface area contributed by atoms with Gasteiger partial charge in [-0.05, 0) is 25.0 Å². The highest BCUT2D eigenvalue weighted by molar-refractivity contribution is 7.89. The van der Waals surface area contributed by atoms with Crippen molar-refractivity contribution in [2.75, 3.05) is 30.3 Å². The van der Waals surface area contributed by atoms with Gasteiger partial charge in [-0.1, -0.05) is 18.2 Å². The summed E-state index contributed by atoms with van der Waals surface area (Å²) in [6.45, 7) is 3.73. The molecule has 0 radical (unpaired) electrons. The normalized spacial score (nSPS) is 15.3. The third-order valence-corrected chi connectivity index (χ3v) is 3.87. The summed E-state index contributed by atoms with van der Waals surface area (Å²) in [6, 6.07) is 8.16. The quantitative estimate of drug-likeness (QED) is 0.618. The molecule has 1 heterocycles. The summed E-state index contributed by atoms with van der Waals surface area (Å²) in [5, 5.41) is 8.19. The van der Waals surface area contributed by atoms with Crippen molar-refractivity contribution in [1.82, 2.24) is 5.32 Å². The standard InChI is InChI=1S/C13H20N4O2S/c1-2-15-13(16-8-10-20(14,18)19)17-9-7-11-5-3-4-6-12(11)17/h3-6H,2,7-10H2,1H3,(H,15,16)(H2,14,18,19). The van der Waals surface area contributed by atoms with Gasteiger partial charge in [0, 0.05) is 18.8 Å². The average Bonchev–Trinajstić information content (AvgIpc) is 2.80. The summed E-state index contributed by atoms with van der Waals surface area (Å²) in [5.74, 6) is 0.568. The van der Waals surface area contributed by atoms with Gasteiger partial charge in [-0.15, -0.1) is 0 Å². The van der Waals surface area contributed by atoms with Gasteiger partial charge in [-0.3, -0.25) is 4.99 Å². The zero-order chi connectivity index (χ0) is 14.6. The monoisotopic (exact) mass is 296 g/mol. The number of guanidine groups is 1. The number of nitrogens with two attached hydrogens (primary N) is 1. The lowest BCUT2D eigenvalue weighted by molar-refractivity contribution is 0.597. The molecule has 7 heteroatoms. The van der Waals surface area contributed by atoms with E-state index < -0.39 is 10.0 Å². The summed E-state index contributed by atoms with van der Waals surface area (Å²) >= 11 is 0. The van der Waals surface area contributed by atoms with Gasteiger partial charge in [0.25, 0.3) is 0 Å². The summed E-state index contributed by atoms with van der Waals surface area (Å²) in [6.07, 6.45) is 0.968. The molecule has 0 atom stereocenters. The Labute approximate surface area is 119 Å². The van der Waals surface area contributed by atoms with Crippen molar-refractivity contribution in [3.8, 4) is 0 Å². The van der Waals surface area contributed by atoms with Crippen LogP contribution in [-0.2, 0) is 16.4 Å². The number of primary sulfonamides is 1. The van der Waals surface area contributed by atoms with Crippen LogP contribution in [0, 0.1) is 0 Å². The second-order valence-corrected chi connectivity index (χ2v) is 6.37. The van der Waals surface area contributed by atoms with E-state index in [4.69, 9.17) is 5.14 Å². The van der Waals surface area contributed by atoms with E-state index >= 15 is 0 Å². The molecule has 0 amide bonds. The summed E-state index contributed by atoms with van der Waals surface area (Å²) in [7, 11) is -3.47. The number of rotatable bonds is 4. The number of hydrogen-bond donors (Lipinski definition) is 2. The molecule has 0 unspecified atom stereocenters. The van der Waals surface area contributed by atoms with Crippen LogP contribution < -0.4 is 15.4 Å². The molecule has 0 saturated carbocycles. The minimum atomic E-state index is -3.47. The largest absolute Gasteiger partial charge is 0.356 e. The number of sulfonamides is 1. The molecule has 0 saturated heterocycles. The number of nitrogens with one attached hydrogen (secondary N) is 1. The smallest absolute Gasteiger partial charge is 0.210 e. The highest BCUT2D eigenvalue weighted by Crippen LogP contribution is 2.27. The summed E-state index contributed by atoms with van der Waals surface area (Å²) in [5.41, 5.74) is 2.41. The molecule has 0 aromatic heterocycles. The van der Waals surface area contributed by atoms with Crippen LogP contribution in [0.15, 0.2) is 29.3 Å². The van der Waals surface area contributed by atoms with Gasteiger partial charge in [-0.25, -0.2) is 13.6 Å². The number of benzene rings is 1. The Morgan fingerprint density at radius 3 is 2.90 bits per heavy atom. The lowest BCUT2D eigenvalue weighted by atomic mass is 10.2. The van der Waals surface area contributed by atoms with Crippen molar-refractivity contribution >= 4 is 21.7 Å². The average molecular weight is 296 g/mol. The molecule has 2 rings (SSSR count). The number of fused-ring (bicyclic) bond motifs is 1. The third-order valence-electron chi connectivity index (χ3n) is 3.12. The van der Waals surface area contributed by atoms with Crippen LogP contribution in [0.5, 0.6) is 0 Å². The zero-order valence-corrected chi connectivity index (χ0v) is 12.4. The first kappa shape index (κ1) is 14.8.